The molecule has 1 aromatic rings. The van der Waals surface area contributed by atoms with Gasteiger partial charge in [-0.2, -0.15) is 0 Å². The predicted molar refractivity (Wildman–Crippen MR) is 57.5 cm³/mol. The number of hydrogen-bond acceptors (Lipinski definition) is 3. The first-order chi connectivity index (χ1) is 7.47. The van der Waals surface area contributed by atoms with E-state index in [0.717, 1.165) is 0 Å². The van der Waals surface area contributed by atoms with Gasteiger partial charge in [0.15, 0.2) is 11.5 Å². The Kier molecular flexibility index (Phi) is 2.72. The summed E-state index contributed by atoms with van der Waals surface area (Å²) in [4.78, 5) is 0. The van der Waals surface area contributed by atoms with Crippen LogP contribution in [-0.4, -0.2) is 22.9 Å². The first kappa shape index (κ1) is 11.5. The summed E-state index contributed by atoms with van der Waals surface area (Å²) in [6.45, 7) is 0. The van der Waals surface area contributed by atoms with Crippen LogP contribution in [0.15, 0.2) is 6.07 Å². The highest BCUT2D eigenvalue weighted by atomic mass is 35.5. The topological polar surface area (TPSA) is 49.7 Å². The first-order valence-electron chi connectivity index (χ1n) is 4.93. The van der Waals surface area contributed by atoms with Crippen LogP contribution in [0.1, 0.15) is 18.4 Å². The summed E-state index contributed by atoms with van der Waals surface area (Å²) in [5.41, 5.74) is -0.877. The van der Waals surface area contributed by atoms with E-state index in [1.165, 1.54) is 13.2 Å². The van der Waals surface area contributed by atoms with Crippen molar-refractivity contribution >= 4 is 11.6 Å². The van der Waals surface area contributed by atoms with Crippen molar-refractivity contribution in [3.8, 4) is 11.5 Å². The maximum atomic E-state index is 13.7. The van der Waals surface area contributed by atoms with E-state index in [4.69, 9.17) is 16.3 Å². The van der Waals surface area contributed by atoms with E-state index < -0.39 is 11.4 Å². The minimum atomic E-state index is -0.895. The maximum absolute atomic E-state index is 13.7. The Morgan fingerprint density at radius 2 is 2.19 bits per heavy atom. The number of hydrogen-bond donors (Lipinski definition) is 2. The molecule has 0 aliphatic heterocycles. The standard InChI is InChI=1S/C11H12ClFO3/c1-16-8-4-7(12)9(13)6(10(8)14)5-11(15)2-3-11/h4,14-15H,2-3,5H2,1H3. The molecule has 3 nitrogen and oxygen atoms in total. The summed E-state index contributed by atoms with van der Waals surface area (Å²) in [6, 6.07) is 1.21. The molecule has 0 radical (unpaired) electrons. The van der Waals surface area contributed by atoms with Crippen LogP contribution < -0.4 is 4.74 Å². The minimum Gasteiger partial charge on any atom is -0.504 e. The number of phenols is 1. The summed E-state index contributed by atoms with van der Waals surface area (Å²) < 4.78 is 18.6. The quantitative estimate of drug-likeness (QED) is 0.860. The molecule has 16 heavy (non-hydrogen) atoms. The molecule has 0 aromatic heterocycles. The van der Waals surface area contributed by atoms with E-state index in [9.17, 15) is 14.6 Å². The van der Waals surface area contributed by atoms with Crippen molar-refractivity contribution < 1.29 is 19.3 Å². The van der Waals surface area contributed by atoms with E-state index in [0.29, 0.717) is 12.8 Å². The minimum absolute atomic E-state index is 0.0179. The fourth-order valence-corrected chi connectivity index (χ4v) is 1.82. The Labute approximate surface area is 97.4 Å². The van der Waals surface area contributed by atoms with E-state index >= 15 is 0 Å². The summed E-state index contributed by atoms with van der Waals surface area (Å²) in [5.74, 6) is -0.865. The van der Waals surface area contributed by atoms with Gasteiger partial charge in [0, 0.05) is 18.1 Å². The molecule has 0 saturated heterocycles. The number of phenolic OH excluding ortho intramolecular Hbond substituents is 1. The van der Waals surface area contributed by atoms with Gasteiger partial charge in [0.2, 0.25) is 0 Å². The Morgan fingerprint density at radius 1 is 1.56 bits per heavy atom. The summed E-state index contributed by atoms with van der Waals surface area (Å²) >= 11 is 5.67. The lowest BCUT2D eigenvalue weighted by atomic mass is 10.0. The van der Waals surface area contributed by atoms with Gasteiger partial charge in [-0.05, 0) is 12.8 Å². The van der Waals surface area contributed by atoms with Crippen LogP contribution in [0.5, 0.6) is 11.5 Å². The smallest absolute Gasteiger partial charge is 0.164 e. The summed E-state index contributed by atoms with van der Waals surface area (Å²) in [6.07, 6.45) is 1.28. The number of rotatable bonds is 3. The zero-order valence-corrected chi connectivity index (χ0v) is 9.51. The van der Waals surface area contributed by atoms with Crippen molar-refractivity contribution in [1.82, 2.24) is 0 Å². The Hall–Kier alpha value is -1.00. The summed E-state index contributed by atoms with van der Waals surface area (Å²) in [7, 11) is 1.36. The second-order valence-corrected chi connectivity index (χ2v) is 4.51. The van der Waals surface area contributed by atoms with Gasteiger partial charge >= 0.3 is 0 Å². The molecule has 0 amide bonds. The van der Waals surface area contributed by atoms with Crippen LogP contribution in [0.4, 0.5) is 4.39 Å². The van der Waals surface area contributed by atoms with Gasteiger partial charge in [0.05, 0.1) is 17.7 Å². The largest absolute Gasteiger partial charge is 0.504 e. The molecule has 1 aliphatic carbocycles. The number of aromatic hydroxyl groups is 1. The van der Waals surface area contributed by atoms with Crippen LogP contribution >= 0.6 is 11.6 Å². The second kappa shape index (κ2) is 3.79. The van der Waals surface area contributed by atoms with E-state index in [-0.39, 0.29) is 28.5 Å². The number of aliphatic hydroxyl groups is 1. The SMILES string of the molecule is COc1cc(Cl)c(F)c(CC2(O)CC2)c1O. The van der Waals surface area contributed by atoms with Gasteiger partial charge in [-0.15, -0.1) is 0 Å². The molecule has 0 bridgehead atoms. The number of methoxy groups -OCH3 is 1. The van der Waals surface area contributed by atoms with E-state index in [2.05, 4.69) is 0 Å². The number of benzene rings is 1. The van der Waals surface area contributed by atoms with Gasteiger partial charge in [-0.1, -0.05) is 11.6 Å². The molecule has 1 aromatic carbocycles. The molecular weight excluding hydrogens is 235 g/mol. The average molecular weight is 247 g/mol. The van der Waals surface area contributed by atoms with E-state index in [1.54, 1.807) is 0 Å². The van der Waals surface area contributed by atoms with Crippen LogP contribution in [0.25, 0.3) is 0 Å². The molecule has 88 valence electrons. The van der Waals surface area contributed by atoms with Crippen LogP contribution in [0.2, 0.25) is 5.02 Å². The fourth-order valence-electron chi connectivity index (χ4n) is 1.61. The molecule has 0 spiro atoms. The summed E-state index contributed by atoms with van der Waals surface area (Å²) in [5, 5.41) is 19.4. The maximum Gasteiger partial charge on any atom is 0.164 e. The number of ether oxygens (including phenoxy) is 1. The third kappa shape index (κ3) is 1.95. The fraction of sp³-hybridized carbons (Fsp3) is 0.455. The van der Waals surface area contributed by atoms with Crippen LogP contribution in [-0.2, 0) is 6.42 Å². The van der Waals surface area contributed by atoms with Crippen molar-refractivity contribution in [2.45, 2.75) is 24.9 Å². The lowest BCUT2D eigenvalue weighted by Gasteiger charge is -2.14. The van der Waals surface area contributed by atoms with Gasteiger partial charge in [-0.25, -0.2) is 4.39 Å². The molecule has 2 rings (SSSR count). The molecule has 2 N–H and O–H groups in total. The Morgan fingerprint density at radius 3 is 2.69 bits per heavy atom. The van der Waals surface area contributed by atoms with Gasteiger partial charge < -0.3 is 14.9 Å². The van der Waals surface area contributed by atoms with Crippen LogP contribution in [0.3, 0.4) is 0 Å². The zero-order chi connectivity index (χ0) is 11.9. The molecule has 1 aliphatic rings. The third-order valence-corrected chi connectivity index (χ3v) is 3.08. The lowest BCUT2D eigenvalue weighted by molar-refractivity contribution is 0.148. The highest BCUT2D eigenvalue weighted by Crippen LogP contribution is 2.44. The average Bonchev–Trinajstić information content (AvgIpc) is 2.97. The Balaban J connectivity index is 2.44. The zero-order valence-electron chi connectivity index (χ0n) is 8.76. The van der Waals surface area contributed by atoms with Crippen LogP contribution in [0, 0.1) is 5.82 Å². The molecule has 0 atom stereocenters. The Bertz CT molecular complexity index is 430. The van der Waals surface area contributed by atoms with Gasteiger partial charge in [0.1, 0.15) is 5.82 Å². The van der Waals surface area contributed by atoms with Crippen molar-refractivity contribution in [1.29, 1.82) is 0 Å². The lowest BCUT2D eigenvalue weighted by Crippen LogP contribution is -2.12. The molecule has 5 heteroatoms. The third-order valence-electron chi connectivity index (χ3n) is 2.80. The molecule has 0 unspecified atom stereocenters. The highest BCUT2D eigenvalue weighted by Gasteiger charge is 2.42. The van der Waals surface area contributed by atoms with Crippen molar-refractivity contribution in [3.05, 3.63) is 22.5 Å². The normalized spacial score (nSPS) is 17.2. The first-order valence-corrected chi connectivity index (χ1v) is 5.31. The second-order valence-electron chi connectivity index (χ2n) is 4.10. The molecule has 1 saturated carbocycles. The predicted octanol–water partition coefficient (Wildman–Crippen LogP) is 2.26. The molecular formula is C11H12ClFO3. The van der Waals surface area contributed by atoms with Gasteiger partial charge in [0.25, 0.3) is 0 Å². The van der Waals surface area contributed by atoms with E-state index in [1.807, 2.05) is 0 Å². The molecule has 1 fully saturated rings. The van der Waals surface area contributed by atoms with Crippen molar-refractivity contribution in [2.24, 2.45) is 0 Å². The monoisotopic (exact) mass is 246 g/mol. The van der Waals surface area contributed by atoms with Crippen molar-refractivity contribution in [2.75, 3.05) is 7.11 Å². The van der Waals surface area contributed by atoms with Crippen molar-refractivity contribution in [3.63, 3.8) is 0 Å². The number of halogens is 2. The van der Waals surface area contributed by atoms with Gasteiger partial charge in [-0.3, -0.25) is 0 Å². The highest BCUT2D eigenvalue weighted by molar-refractivity contribution is 6.31. The molecule has 0 heterocycles.